The van der Waals surface area contributed by atoms with Crippen molar-refractivity contribution in [3.63, 3.8) is 0 Å². The van der Waals surface area contributed by atoms with Crippen molar-refractivity contribution < 1.29 is 29.4 Å². The quantitative estimate of drug-likeness (QED) is 0.209. The molecule has 2 aromatic carbocycles. The molecule has 0 radical (unpaired) electrons. The zero-order valence-electron chi connectivity index (χ0n) is 31.9. The van der Waals surface area contributed by atoms with Gasteiger partial charge in [0.1, 0.15) is 17.9 Å². The van der Waals surface area contributed by atoms with Crippen molar-refractivity contribution >= 4 is 11.8 Å². The fourth-order valence-corrected chi connectivity index (χ4v) is 9.68. The smallest absolute Gasteiger partial charge is 0.251 e. The Morgan fingerprint density at radius 3 is 2.48 bits per heavy atom. The van der Waals surface area contributed by atoms with E-state index in [9.17, 15) is 19.8 Å². The molecule has 4 aliphatic carbocycles. The van der Waals surface area contributed by atoms with Gasteiger partial charge in [-0.3, -0.25) is 14.4 Å². The SMILES string of the molecule is C=C1[C@@H](NC(=O)[C@@H]2[C@@H]([C@H](C)O)[C@H](CO)ON2Cc2cccc(-c3cccc(C(=O)NC(CN(C)C)C4CCCCC4)c3)c2OC)C[C@H]2C[C@@H]1C2(C)C. The Labute approximate surface area is 309 Å². The number of nitrogens with zero attached hydrogens (tertiary/aromatic N) is 2. The third kappa shape index (κ3) is 7.69. The van der Waals surface area contributed by atoms with Crippen LogP contribution in [0.5, 0.6) is 5.75 Å². The number of ether oxygens (including phenoxy) is 1. The van der Waals surface area contributed by atoms with E-state index >= 15 is 0 Å². The van der Waals surface area contributed by atoms with Gasteiger partial charge in [-0.1, -0.05) is 75.6 Å². The molecule has 10 nitrogen and oxygen atoms in total. The maximum absolute atomic E-state index is 14.2. The van der Waals surface area contributed by atoms with Crippen molar-refractivity contribution in [2.45, 2.75) is 103 Å². The lowest BCUT2D eigenvalue weighted by Gasteiger charge is -2.60. The number of carbonyl (C=O) groups excluding carboxylic acids is 2. The summed E-state index contributed by atoms with van der Waals surface area (Å²) in [5, 5.41) is 29.4. The number of methoxy groups -OCH3 is 1. The van der Waals surface area contributed by atoms with E-state index in [1.165, 1.54) is 19.3 Å². The maximum atomic E-state index is 14.2. The van der Waals surface area contributed by atoms with Gasteiger partial charge >= 0.3 is 0 Å². The number of carbonyl (C=O) groups is 2. The highest BCUT2D eigenvalue weighted by atomic mass is 16.7. The molecule has 2 bridgehead atoms. The van der Waals surface area contributed by atoms with Crippen molar-refractivity contribution in [3.8, 4) is 16.9 Å². The minimum atomic E-state index is -0.905. The molecule has 0 aromatic heterocycles. The van der Waals surface area contributed by atoms with Crippen molar-refractivity contribution in [2.75, 3.05) is 34.4 Å². The minimum absolute atomic E-state index is 0.0804. The number of benzene rings is 2. The number of hydrogen-bond acceptors (Lipinski definition) is 8. The average molecular weight is 717 g/mol. The van der Waals surface area contributed by atoms with Gasteiger partial charge in [0, 0.05) is 35.2 Å². The van der Waals surface area contributed by atoms with Crippen LogP contribution in [0.15, 0.2) is 54.6 Å². The Morgan fingerprint density at radius 2 is 1.85 bits per heavy atom. The summed E-state index contributed by atoms with van der Waals surface area (Å²) in [4.78, 5) is 36.3. The molecule has 2 amide bonds. The van der Waals surface area contributed by atoms with Crippen LogP contribution in [0, 0.1) is 29.1 Å². The number of hydrogen-bond donors (Lipinski definition) is 4. The summed E-state index contributed by atoms with van der Waals surface area (Å²) in [5.74, 6) is 0.975. The third-order valence-corrected chi connectivity index (χ3v) is 12.7. The van der Waals surface area contributed by atoms with E-state index in [1.54, 1.807) is 19.1 Å². The predicted molar refractivity (Wildman–Crippen MR) is 202 cm³/mol. The van der Waals surface area contributed by atoms with E-state index in [2.05, 4.69) is 50.1 Å². The van der Waals surface area contributed by atoms with Crippen LogP contribution in [0.25, 0.3) is 11.1 Å². The van der Waals surface area contributed by atoms with Crippen LogP contribution in [0.3, 0.4) is 0 Å². The van der Waals surface area contributed by atoms with Gasteiger partial charge in [0.2, 0.25) is 5.91 Å². The van der Waals surface area contributed by atoms with Crippen molar-refractivity contribution in [3.05, 3.63) is 65.7 Å². The first-order chi connectivity index (χ1) is 24.8. The van der Waals surface area contributed by atoms with Crippen LogP contribution in [0.4, 0.5) is 0 Å². The van der Waals surface area contributed by atoms with Gasteiger partial charge in [-0.15, -0.1) is 0 Å². The topological polar surface area (TPSA) is 124 Å². The highest BCUT2D eigenvalue weighted by Crippen LogP contribution is 2.60. The van der Waals surface area contributed by atoms with Crippen molar-refractivity contribution in [1.29, 1.82) is 0 Å². The van der Waals surface area contributed by atoms with Gasteiger partial charge in [0.05, 0.1) is 32.4 Å². The van der Waals surface area contributed by atoms with Gasteiger partial charge in [-0.2, -0.15) is 5.06 Å². The van der Waals surface area contributed by atoms with Gasteiger partial charge < -0.3 is 30.5 Å². The summed E-state index contributed by atoms with van der Waals surface area (Å²) in [6.45, 7) is 11.2. The molecule has 4 N–H and O–H groups in total. The summed E-state index contributed by atoms with van der Waals surface area (Å²) < 4.78 is 6.02. The fraction of sp³-hybridized carbons (Fsp3) is 0.619. The molecule has 8 atom stereocenters. The number of rotatable bonds is 13. The molecular formula is C42H60N4O6. The molecule has 10 heteroatoms. The Hall–Kier alpha value is -3.28. The number of amides is 2. The molecule has 7 rings (SSSR count). The Bertz CT molecular complexity index is 1600. The molecule has 5 aliphatic rings. The normalized spacial score (nSPS) is 28.6. The largest absolute Gasteiger partial charge is 0.496 e. The van der Waals surface area contributed by atoms with Gasteiger partial charge in [0.15, 0.2) is 0 Å². The molecule has 284 valence electrons. The summed E-state index contributed by atoms with van der Waals surface area (Å²) in [7, 11) is 5.71. The van der Waals surface area contributed by atoms with Crippen LogP contribution in [0.2, 0.25) is 0 Å². The van der Waals surface area contributed by atoms with Gasteiger partial charge in [-0.25, -0.2) is 0 Å². The number of likely N-dealkylation sites (N-methyl/N-ethyl adjacent to an activating group) is 1. The van der Waals surface area contributed by atoms with E-state index in [0.717, 1.165) is 54.5 Å². The molecule has 52 heavy (non-hydrogen) atoms. The lowest BCUT2D eigenvalue weighted by Crippen LogP contribution is -2.59. The van der Waals surface area contributed by atoms with Gasteiger partial charge in [-0.05, 0) is 87.6 Å². The first kappa shape index (κ1) is 38.4. The summed E-state index contributed by atoms with van der Waals surface area (Å²) >= 11 is 0. The number of hydroxylamine groups is 2. The molecular weight excluding hydrogens is 656 g/mol. The number of fused-ring (bicyclic) bond motifs is 2. The zero-order chi connectivity index (χ0) is 37.3. The lowest BCUT2D eigenvalue weighted by molar-refractivity contribution is -0.182. The summed E-state index contributed by atoms with van der Waals surface area (Å²) in [5.41, 5.74) is 4.24. The number of nitrogens with one attached hydrogen (secondary N) is 2. The summed E-state index contributed by atoms with van der Waals surface area (Å²) in [6, 6.07) is 12.5. The highest BCUT2D eigenvalue weighted by molar-refractivity contribution is 5.96. The first-order valence-electron chi connectivity index (χ1n) is 19.3. The summed E-state index contributed by atoms with van der Waals surface area (Å²) in [6.07, 6.45) is 6.24. The Morgan fingerprint density at radius 1 is 1.12 bits per heavy atom. The predicted octanol–water partition coefficient (Wildman–Crippen LogP) is 5.18. The molecule has 2 aromatic rings. The van der Waals surface area contributed by atoms with Crippen LogP contribution in [-0.2, 0) is 16.2 Å². The van der Waals surface area contributed by atoms with E-state index in [-0.39, 0.29) is 42.5 Å². The monoisotopic (exact) mass is 716 g/mol. The Kier molecular flexibility index (Phi) is 11.8. The number of aliphatic hydroxyl groups excluding tert-OH is 2. The highest BCUT2D eigenvalue weighted by Gasteiger charge is 2.56. The molecule has 1 unspecified atom stereocenters. The van der Waals surface area contributed by atoms with E-state index in [4.69, 9.17) is 9.57 Å². The molecule has 4 saturated carbocycles. The van der Waals surface area contributed by atoms with Crippen molar-refractivity contribution in [1.82, 2.24) is 20.6 Å². The molecule has 5 fully saturated rings. The molecule has 1 aliphatic heterocycles. The molecule has 1 heterocycles. The standard InChI is InChI=1S/C42H60N4O6/c1-25-33-20-31(42(33,3)4)21-34(25)43-41(50)38-37(26(2)48)36(24-47)52-46(38)22-30-17-12-18-32(39(30)51-7)28-15-11-16-29(19-28)40(49)44-35(23-45(5)6)27-13-9-8-10-14-27/h11-12,15-19,26-27,31,33-38,47-48H,1,8-10,13-14,20-24H2,2-7H3,(H,43,50)(H,44,49)/t26-,31+,33-,34-,35?,36-,37-,38-/m0/s1. The Balaban J connectivity index is 1.23. The minimum Gasteiger partial charge on any atom is -0.496 e. The first-order valence-corrected chi connectivity index (χ1v) is 19.3. The second-order valence-electron chi connectivity index (χ2n) is 16.7. The van der Waals surface area contributed by atoms with E-state index < -0.39 is 24.2 Å². The van der Waals surface area contributed by atoms with Crippen molar-refractivity contribution in [2.24, 2.45) is 29.1 Å². The maximum Gasteiger partial charge on any atom is 0.251 e. The van der Waals surface area contributed by atoms with Crippen LogP contribution < -0.4 is 15.4 Å². The third-order valence-electron chi connectivity index (χ3n) is 12.7. The lowest BCUT2D eigenvalue weighted by atomic mass is 9.46. The van der Waals surface area contributed by atoms with E-state index in [1.807, 2.05) is 42.5 Å². The average Bonchev–Trinajstić information content (AvgIpc) is 3.50. The zero-order valence-corrected chi connectivity index (χ0v) is 31.9. The second-order valence-corrected chi connectivity index (χ2v) is 16.7. The molecule has 0 spiro atoms. The van der Waals surface area contributed by atoms with Crippen LogP contribution in [-0.4, -0.2) is 96.7 Å². The molecule has 1 saturated heterocycles. The fourth-order valence-electron chi connectivity index (χ4n) is 9.68. The second kappa shape index (κ2) is 16.0. The van der Waals surface area contributed by atoms with Crippen LogP contribution in [0.1, 0.15) is 81.6 Å². The number of aliphatic hydroxyl groups is 2. The van der Waals surface area contributed by atoms with Gasteiger partial charge in [0.25, 0.3) is 5.91 Å². The van der Waals surface area contributed by atoms with E-state index in [0.29, 0.717) is 29.1 Å². The number of para-hydroxylation sites is 1. The van der Waals surface area contributed by atoms with Crippen LogP contribution >= 0.6 is 0 Å².